The zero-order chi connectivity index (χ0) is 8.97. The summed E-state index contributed by atoms with van der Waals surface area (Å²) < 4.78 is 0. The van der Waals surface area contributed by atoms with Crippen molar-refractivity contribution in [1.82, 2.24) is 4.90 Å². The van der Waals surface area contributed by atoms with Crippen LogP contribution in [0.3, 0.4) is 0 Å². The molecule has 1 N–H and O–H groups in total. The predicted molar refractivity (Wildman–Crippen MR) is 50.7 cm³/mol. The van der Waals surface area contributed by atoms with Gasteiger partial charge in [0.05, 0.1) is 0 Å². The van der Waals surface area contributed by atoms with Gasteiger partial charge in [0.2, 0.25) is 0 Å². The Labute approximate surface area is 78.2 Å². The monoisotopic (exact) mass is 189 g/mol. The zero-order valence-electron chi connectivity index (χ0n) is 7.07. The van der Waals surface area contributed by atoms with Crippen LogP contribution in [0, 0.1) is 0 Å². The number of aliphatic carboxylic acids is 1. The van der Waals surface area contributed by atoms with Crippen LogP contribution >= 0.6 is 12.6 Å². The molecule has 1 atom stereocenters. The van der Waals surface area contributed by atoms with E-state index < -0.39 is 5.97 Å². The fraction of sp³-hybridized carbons (Fsp3) is 0.875. The second kappa shape index (κ2) is 4.72. The first-order valence-corrected chi connectivity index (χ1v) is 4.96. The summed E-state index contributed by atoms with van der Waals surface area (Å²) in [4.78, 5) is 12.8. The number of nitrogens with zero attached hydrogens (tertiary/aromatic N) is 1. The first-order chi connectivity index (χ1) is 5.75. The number of hydrogen-bond acceptors (Lipinski definition) is 3. The first-order valence-electron chi connectivity index (χ1n) is 4.33. The van der Waals surface area contributed by atoms with E-state index in [9.17, 15) is 4.79 Å². The molecule has 0 saturated carbocycles. The summed E-state index contributed by atoms with van der Waals surface area (Å²) >= 11 is 4.04. The number of thiol groups is 1. The Bertz CT molecular complexity index is 157. The topological polar surface area (TPSA) is 40.5 Å². The summed E-state index contributed by atoms with van der Waals surface area (Å²) in [6, 6.07) is -0.381. The molecule has 1 fully saturated rings. The highest BCUT2D eigenvalue weighted by atomic mass is 32.1. The molecule has 70 valence electrons. The Morgan fingerprint density at radius 3 is 2.42 bits per heavy atom. The SMILES string of the molecule is O=C(O)C(CS)N1CCCCC1. The molecule has 0 aromatic carbocycles. The summed E-state index contributed by atoms with van der Waals surface area (Å²) in [5, 5.41) is 8.83. The van der Waals surface area contributed by atoms with E-state index in [1.54, 1.807) is 0 Å². The molecule has 1 aliphatic heterocycles. The molecular weight excluding hydrogens is 174 g/mol. The molecule has 12 heavy (non-hydrogen) atoms. The van der Waals surface area contributed by atoms with Gasteiger partial charge in [-0.25, -0.2) is 0 Å². The average molecular weight is 189 g/mol. The third-order valence-electron chi connectivity index (χ3n) is 2.29. The molecule has 0 aromatic heterocycles. The van der Waals surface area contributed by atoms with Gasteiger partial charge in [-0.05, 0) is 25.9 Å². The van der Waals surface area contributed by atoms with Crippen molar-refractivity contribution < 1.29 is 9.90 Å². The van der Waals surface area contributed by atoms with Gasteiger partial charge in [-0.2, -0.15) is 12.6 Å². The largest absolute Gasteiger partial charge is 0.480 e. The van der Waals surface area contributed by atoms with Crippen molar-refractivity contribution in [2.75, 3.05) is 18.8 Å². The lowest BCUT2D eigenvalue weighted by Gasteiger charge is -2.30. The van der Waals surface area contributed by atoms with E-state index in [2.05, 4.69) is 12.6 Å². The van der Waals surface area contributed by atoms with E-state index >= 15 is 0 Å². The van der Waals surface area contributed by atoms with E-state index in [4.69, 9.17) is 5.11 Å². The summed E-state index contributed by atoms with van der Waals surface area (Å²) in [5.74, 6) is -0.332. The number of piperidine rings is 1. The molecule has 4 heteroatoms. The van der Waals surface area contributed by atoms with Crippen LogP contribution < -0.4 is 0 Å². The average Bonchev–Trinajstić information content (AvgIpc) is 2.07. The number of likely N-dealkylation sites (tertiary alicyclic amines) is 1. The molecule has 0 aromatic rings. The maximum Gasteiger partial charge on any atom is 0.321 e. The van der Waals surface area contributed by atoms with Crippen LogP contribution in [0.15, 0.2) is 0 Å². The van der Waals surface area contributed by atoms with Gasteiger partial charge in [0.25, 0.3) is 0 Å². The molecule has 1 aliphatic rings. The van der Waals surface area contributed by atoms with Crippen LogP contribution in [-0.2, 0) is 4.79 Å². The Hall–Kier alpha value is -0.220. The summed E-state index contributed by atoms with van der Waals surface area (Å²) in [6.45, 7) is 1.83. The predicted octanol–water partition coefficient (Wildman–Crippen LogP) is 0.855. The molecule has 0 spiro atoms. The standard InChI is InChI=1S/C8H15NO2S/c10-8(11)7(6-12)9-4-2-1-3-5-9/h7,12H,1-6H2,(H,10,11). The number of carboxylic acids is 1. The molecule has 0 aliphatic carbocycles. The molecule has 1 rings (SSSR count). The van der Waals surface area contributed by atoms with Gasteiger partial charge < -0.3 is 5.11 Å². The van der Waals surface area contributed by atoms with Crippen molar-refractivity contribution in [2.45, 2.75) is 25.3 Å². The first kappa shape index (κ1) is 9.86. The number of rotatable bonds is 3. The summed E-state index contributed by atoms with van der Waals surface area (Å²) in [7, 11) is 0. The smallest absolute Gasteiger partial charge is 0.321 e. The minimum absolute atomic E-state index is 0.381. The number of carbonyl (C=O) groups is 1. The van der Waals surface area contributed by atoms with Crippen LogP contribution in [0.2, 0.25) is 0 Å². The number of hydrogen-bond donors (Lipinski definition) is 2. The quantitative estimate of drug-likeness (QED) is 0.647. The third-order valence-corrected chi connectivity index (χ3v) is 2.64. The Balaban J connectivity index is 2.46. The van der Waals surface area contributed by atoms with Gasteiger partial charge >= 0.3 is 5.97 Å². The minimum atomic E-state index is -0.744. The van der Waals surface area contributed by atoms with Crippen molar-refractivity contribution in [3.05, 3.63) is 0 Å². The maximum absolute atomic E-state index is 10.7. The molecular formula is C8H15NO2S. The van der Waals surface area contributed by atoms with Crippen molar-refractivity contribution in [3.63, 3.8) is 0 Å². The highest BCUT2D eigenvalue weighted by molar-refractivity contribution is 7.80. The second-order valence-corrected chi connectivity index (χ2v) is 3.50. The zero-order valence-corrected chi connectivity index (χ0v) is 7.96. The molecule has 1 heterocycles. The van der Waals surface area contributed by atoms with Crippen LogP contribution in [0.25, 0.3) is 0 Å². The fourth-order valence-corrected chi connectivity index (χ4v) is 1.97. The molecule has 3 nitrogen and oxygen atoms in total. The van der Waals surface area contributed by atoms with Gasteiger partial charge in [-0.3, -0.25) is 9.69 Å². The van der Waals surface area contributed by atoms with Crippen molar-refractivity contribution in [1.29, 1.82) is 0 Å². The molecule has 0 bridgehead atoms. The van der Waals surface area contributed by atoms with Crippen LogP contribution in [0.5, 0.6) is 0 Å². The van der Waals surface area contributed by atoms with E-state index in [1.165, 1.54) is 6.42 Å². The van der Waals surface area contributed by atoms with E-state index in [0.29, 0.717) is 5.75 Å². The van der Waals surface area contributed by atoms with E-state index in [0.717, 1.165) is 25.9 Å². The molecule has 1 saturated heterocycles. The summed E-state index contributed by atoms with van der Waals surface area (Å²) in [6.07, 6.45) is 3.48. The fourth-order valence-electron chi connectivity index (χ4n) is 1.58. The summed E-state index contributed by atoms with van der Waals surface area (Å²) in [5.41, 5.74) is 0. The molecule has 0 amide bonds. The van der Waals surface area contributed by atoms with Crippen molar-refractivity contribution in [3.8, 4) is 0 Å². The van der Waals surface area contributed by atoms with Gasteiger partial charge in [-0.15, -0.1) is 0 Å². The molecule has 0 radical (unpaired) electrons. The Morgan fingerprint density at radius 2 is 2.00 bits per heavy atom. The van der Waals surface area contributed by atoms with E-state index in [-0.39, 0.29) is 6.04 Å². The number of carboxylic acid groups (broad SMARTS) is 1. The lowest BCUT2D eigenvalue weighted by Crippen LogP contribution is -2.45. The minimum Gasteiger partial charge on any atom is -0.480 e. The van der Waals surface area contributed by atoms with Gasteiger partial charge in [0, 0.05) is 5.75 Å². The highest BCUT2D eigenvalue weighted by Crippen LogP contribution is 2.12. The lowest BCUT2D eigenvalue weighted by atomic mass is 10.1. The highest BCUT2D eigenvalue weighted by Gasteiger charge is 2.24. The van der Waals surface area contributed by atoms with Crippen molar-refractivity contribution >= 4 is 18.6 Å². The normalized spacial score (nSPS) is 22.1. The van der Waals surface area contributed by atoms with Gasteiger partial charge in [-0.1, -0.05) is 6.42 Å². The third kappa shape index (κ3) is 2.38. The van der Waals surface area contributed by atoms with Crippen LogP contribution in [-0.4, -0.2) is 40.9 Å². The van der Waals surface area contributed by atoms with E-state index in [1.807, 2.05) is 4.90 Å². The Kier molecular flexibility index (Phi) is 3.88. The molecule has 1 unspecified atom stereocenters. The van der Waals surface area contributed by atoms with Crippen LogP contribution in [0.4, 0.5) is 0 Å². The van der Waals surface area contributed by atoms with Crippen molar-refractivity contribution in [2.24, 2.45) is 0 Å². The lowest BCUT2D eigenvalue weighted by molar-refractivity contribution is -0.142. The maximum atomic E-state index is 10.7. The Morgan fingerprint density at radius 1 is 1.42 bits per heavy atom. The van der Waals surface area contributed by atoms with Gasteiger partial charge in [0.15, 0.2) is 0 Å². The van der Waals surface area contributed by atoms with Gasteiger partial charge in [0.1, 0.15) is 6.04 Å². The van der Waals surface area contributed by atoms with Crippen LogP contribution in [0.1, 0.15) is 19.3 Å². The second-order valence-electron chi connectivity index (χ2n) is 3.13.